The van der Waals surface area contributed by atoms with E-state index in [4.69, 9.17) is 11.6 Å². The van der Waals surface area contributed by atoms with Crippen LogP contribution in [0.4, 0.5) is 5.69 Å². The van der Waals surface area contributed by atoms with Crippen LogP contribution in [0, 0.1) is 21.8 Å². The number of nitrogens with zero attached hydrogens (tertiary/aromatic N) is 1. The Morgan fingerprint density at radius 3 is 2.76 bits per heavy atom. The monoisotopic (exact) mass is 465 g/mol. The number of hydrogen-bond acceptors (Lipinski definition) is 3. The van der Waals surface area contributed by atoms with Crippen molar-refractivity contribution in [3.63, 3.8) is 0 Å². The fourth-order valence-corrected chi connectivity index (χ4v) is 3.06. The maximum Gasteiger partial charge on any atom is 0.267 e. The van der Waals surface area contributed by atoms with Crippen LogP contribution in [0.2, 0.25) is 5.02 Å². The molecule has 0 aromatic heterocycles. The van der Waals surface area contributed by atoms with E-state index in [1.165, 1.54) is 6.20 Å². The topological polar surface area (TPSA) is 64.9 Å². The van der Waals surface area contributed by atoms with E-state index < -0.39 is 5.91 Å². The van der Waals surface area contributed by atoms with Crippen LogP contribution in [0.1, 0.15) is 11.1 Å². The molecule has 0 spiro atoms. The standard InChI is InChI=1S/C19H17ClIN3O/c1-13-10-16(21)6-7-18(13)24-19(25)15(11-22)12-23-9-8-14-4-2-3-5-17(14)20/h2-7,10,12,23H,8-9H2,1H3,(H,24,25)/b15-12-. The van der Waals surface area contributed by atoms with Crippen molar-refractivity contribution >= 4 is 45.8 Å². The van der Waals surface area contributed by atoms with Gasteiger partial charge in [-0.25, -0.2) is 0 Å². The van der Waals surface area contributed by atoms with Gasteiger partial charge in [0.2, 0.25) is 0 Å². The molecule has 0 atom stereocenters. The molecule has 0 aliphatic carbocycles. The SMILES string of the molecule is Cc1cc(I)ccc1NC(=O)/C(C#N)=C\NCCc1ccccc1Cl. The number of carbonyl (C=O) groups is 1. The Morgan fingerprint density at radius 2 is 2.08 bits per heavy atom. The van der Waals surface area contributed by atoms with Gasteiger partial charge in [-0.05, 0) is 71.3 Å². The summed E-state index contributed by atoms with van der Waals surface area (Å²) in [5, 5.41) is 15.7. The lowest BCUT2D eigenvalue weighted by Crippen LogP contribution is -2.18. The molecule has 1 amide bonds. The van der Waals surface area contributed by atoms with Crippen LogP contribution in [0.25, 0.3) is 0 Å². The summed E-state index contributed by atoms with van der Waals surface area (Å²) in [5.74, 6) is -0.433. The number of carbonyl (C=O) groups excluding carboxylic acids is 1. The van der Waals surface area contributed by atoms with E-state index in [0.717, 1.165) is 14.7 Å². The number of hydrogen-bond donors (Lipinski definition) is 2. The van der Waals surface area contributed by atoms with Gasteiger partial charge in [-0.3, -0.25) is 4.79 Å². The van der Waals surface area contributed by atoms with Crippen molar-refractivity contribution in [2.24, 2.45) is 0 Å². The van der Waals surface area contributed by atoms with Crippen LogP contribution in [0.15, 0.2) is 54.2 Å². The Bertz CT molecular complexity index is 843. The number of anilines is 1. The molecule has 4 nitrogen and oxygen atoms in total. The van der Waals surface area contributed by atoms with Crippen LogP contribution >= 0.6 is 34.2 Å². The van der Waals surface area contributed by atoms with Gasteiger partial charge in [0, 0.05) is 27.0 Å². The molecule has 2 aromatic carbocycles. The second-order valence-electron chi connectivity index (χ2n) is 5.38. The molecule has 0 saturated heterocycles. The molecular formula is C19H17ClIN3O. The van der Waals surface area contributed by atoms with Gasteiger partial charge < -0.3 is 10.6 Å². The lowest BCUT2D eigenvalue weighted by molar-refractivity contribution is -0.112. The summed E-state index contributed by atoms with van der Waals surface area (Å²) in [4.78, 5) is 12.2. The number of nitriles is 1. The zero-order valence-electron chi connectivity index (χ0n) is 13.6. The normalized spacial score (nSPS) is 10.9. The van der Waals surface area contributed by atoms with E-state index >= 15 is 0 Å². The molecule has 0 saturated carbocycles. The highest BCUT2D eigenvalue weighted by molar-refractivity contribution is 14.1. The molecule has 128 valence electrons. The highest BCUT2D eigenvalue weighted by atomic mass is 127. The minimum atomic E-state index is -0.433. The fraction of sp³-hybridized carbons (Fsp3) is 0.158. The quantitative estimate of drug-likeness (QED) is 0.287. The second-order valence-corrected chi connectivity index (χ2v) is 7.03. The van der Waals surface area contributed by atoms with Crippen molar-refractivity contribution in [3.8, 4) is 6.07 Å². The Morgan fingerprint density at radius 1 is 1.32 bits per heavy atom. The van der Waals surface area contributed by atoms with E-state index in [0.29, 0.717) is 23.7 Å². The average molecular weight is 466 g/mol. The van der Waals surface area contributed by atoms with Crippen molar-refractivity contribution in [1.29, 1.82) is 5.26 Å². The predicted molar refractivity (Wildman–Crippen MR) is 109 cm³/mol. The van der Waals surface area contributed by atoms with Gasteiger partial charge in [-0.2, -0.15) is 5.26 Å². The first-order valence-corrected chi connectivity index (χ1v) is 9.11. The Hall–Kier alpha value is -2.04. The molecule has 6 heteroatoms. The van der Waals surface area contributed by atoms with E-state index in [1.54, 1.807) is 0 Å². The van der Waals surface area contributed by atoms with Crippen molar-refractivity contribution in [1.82, 2.24) is 5.32 Å². The van der Waals surface area contributed by atoms with Gasteiger partial charge in [-0.1, -0.05) is 29.8 Å². The molecule has 0 radical (unpaired) electrons. The highest BCUT2D eigenvalue weighted by Gasteiger charge is 2.10. The lowest BCUT2D eigenvalue weighted by Gasteiger charge is -2.08. The Labute approximate surface area is 166 Å². The maximum atomic E-state index is 12.2. The molecule has 0 unspecified atom stereocenters. The third-order valence-corrected chi connectivity index (χ3v) is 4.58. The van der Waals surface area contributed by atoms with Crippen LogP contribution in [-0.4, -0.2) is 12.5 Å². The summed E-state index contributed by atoms with van der Waals surface area (Å²) in [6.45, 7) is 2.49. The summed E-state index contributed by atoms with van der Waals surface area (Å²) >= 11 is 8.31. The van der Waals surface area contributed by atoms with Crippen LogP contribution < -0.4 is 10.6 Å². The predicted octanol–water partition coefficient (Wildman–Crippen LogP) is 4.43. The molecule has 0 aliphatic heterocycles. The summed E-state index contributed by atoms with van der Waals surface area (Å²) in [6.07, 6.45) is 2.14. The fourth-order valence-electron chi connectivity index (χ4n) is 2.19. The van der Waals surface area contributed by atoms with E-state index in [2.05, 4.69) is 33.2 Å². The number of amides is 1. The molecule has 2 rings (SSSR count). The Balaban J connectivity index is 1.94. The van der Waals surface area contributed by atoms with Crippen LogP contribution in [0.3, 0.4) is 0 Å². The van der Waals surface area contributed by atoms with Crippen LogP contribution in [-0.2, 0) is 11.2 Å². The van der Waals surface area contributed by atoms with E-state index in [9.17, 15) is 10.1 Å². The zero-order chi connectivity index (χ0) is 18.2. The highest BCUT2D eigenvalue weighted by Crippen LogP contribution is 2.18. The third kappa shape index (κ3) is 5.76. The number of rotatable bonds is 6. The first-order chi connectivity index (χ1) is 12.0. The van der Waals surface area contributed by atoms with Crippen LogP contribution in [0.5, 0.6) is 0 Å². The van der Waals surface area contributed by atoms with Gasteiger partial charge in [0.05, 0.1) is 0 Å². The summed E-state index contributed by atoms with van der Waals surface area (Å²) < 4.78 is 1.09. The first kappa shape index (κ1) is 19.3. The van der Waals surface area contributed by atoms with Crippen molar-refractivity contribution in [2.45, 2.75) is 13.3 Å². The van der Waals surface area contributed by atoms with Gasteiger partial charge in [0.15, 0.2) is 0 Å². The number of aryl methyl sites for hydroxylation is 1. The number of nitrogens with one attached hydrogen (secondary N) is 2. The smallest absolute Gasteiger partial charge is 0.267 e. The zero-order valence-corrected chi connectivity index (χ0v) is 16.6. The summed E-state index contributed by atoms with van der Waals surface area (Å²) in [6, 6.07) is 15.2. The van der Waals surface area contributed by atoms with Gasteiger partial charge >= 0.3 is 0 Å². The molecule has 0 fully saturated rings. The van der Waals surface area contributed by atoms with Crippen molar-refractivity contribution < 1.29 is 4.79 Å². The Kier molecular flexibility index (Phi) is 7.29. The van der Waals surface area contributed by atoms with Gasteiger partial charge in [-0.15, -0.1) is 0 Å². The summed E-state index contributed by atoms with van der Waals surface area (Å²) in [7, 11) is 0. The molecule has 0 heterocycles. The third-order valence-electron chi connectivity index (χ3n) is 3.54. The molecule has 25 heavy (non-hydrogen) atoms. The van der Waals surface area contributed by atoms with E-state index in [1.807, 2.05) is 55.5 Å². The molecule has 2 aromatic rings. The van der Waals surface area contributed by atoms with Crippen molar-refractivity contribution in [2.75, 3.05) is 11.9 Å². The molecule has 0 aliphatic rings. The molecule has 2 N–H and O–H groups in total. The number of halogens is 2. The van der Waals surface area contributed by atoms with Gasteiger partial charge in [0.1, 0.15) is 11.6 Å². The minimum absolute atomic E-state index is 0.0251. The average Bonchev–Trinajstić information content (AvgIpc) is 2.59. The minimum Gasteiger partial charge on any atom is -0.389 e. The molecule has 0 bridgehead atoms. The molecular weight excluding hydrogens is 449 g/mol. The van der Waals surface area contributed by atoms with E-state index in [-0.39, 0.29) is 5.57 Å². The number of benzene rings is 2. The maximum absolute atomic E-state index is 12.2. The second kappa shape index (κ2) is 9.44. The van der Waals surface area contributed by atoms with Crippen molar-refractivity contribution in [3.05, 3.63) is 74.0 Å². The van der Waals surface area contributed by atoms with Gasteiger partial charge in [0.25, 0.3) is 5.91 Å². The lowest BCUT2D eigenvalue weighted by atomic mass is 10.1. The summed E-state index contributed by atoms with van der Waals surface area (Å²) in [5.41, 5.74) is 2.69. The largest absolute Gasteiger partial charge is 0.389 e. The first-order valence-electron chi connectivity index (χ1n) is 7.66.